The Kier molecular flexibility index (Phi) is 79.8. The van der Waals surface area contributed by atoms with E-state index in [0.29, 0.717) is 25.7 Å². The Morgan fingerprint density at radius 2 is 0.440 bits per heavy atom. The summed E-state index contributed by atoms with van der Waals surface area (Å²) in [7, 11) is -9.93. The van der Waals surface area contributed by atoms with Crippen LogP contribution in [0.2, 0.25) is 0 Å². The van der Waals surface area contributed by atoms with Crippen LogP contribution in [0.5, 0.6) is 0 Å². The molecular weight excluding hydrogens is 1410 g/mol. The first-order valence-corrected chi connectivity index (χ1v) is 49.6. The van der Waals surface area contributed by atoms with Gasteiger partial charge in [-0.3, -0.25) is 37.3 Å². The topological polar surface area (TPSA) is 237 Å². The third kappa shape index (κ3) is 81.0. The summed E-state index contributed by atoms with van der Waals surface area (Å²) in [6.07, 6.45) is 75.1. The lowest BCUT2D eigenvalue weighted by Crippen LogP contribution is -2.30. The molecule has 0 aromatic carbocycles. The minimum absolute atomic E-state index is 0.106. The first kappa shape index (κ1) is 107. The third-order valence-corrected chi connectivity index (χ3v) is 23.8. The van der Waals surface area contributed by atoms with E-state index in [4.69, 9.17) is 37.0 Å². The number of carbonyl (C=O) groups excluding carboxylic acids is 4. The van der Waals surface area contributed by atoms with Crippen LogP contribution in [0.1, 0.15) is 485 Å². The summed E-state index contributed by atoms with van der Waals surface area (Å²) >= 11 is 0. The molecule has 0 aliphatic carbocycles. The lowest BCUT2D eigenvalue weighted by Gasteiger charge is -2.21. The van der Waals surface area contributed by atoms with Crippen molar-refractivity contribution in [3.8, 4) is 0 Å². The Hall–Kier alpha value is -1.94. The van der Waals surface area contributed by atoms with Crippen LogP contribution in [0.4, 0.5) is 0 Å². The molecule has 3 N–H and O–H groups in total. The van der Waals surface area contributed by atoms with E-state index in [1.165, 1.54) is 302 Å². The van der Waals surface area contributed by atoms with E-state index < -0.39 is 97.5 Å². The molecule has 0 amide bonds. The molecule has 19 heteroatoms. The van der Waals surface area contributed by atoms with Crippen LogP contribution < -0.4 is 0 Å². The molecule has 0 radical (unpaired) electrons. The maximum atomic E-state index is 13.2. The Balaban J connectivity index is 5.23. The lowest BCUT2D eigenvalue weighted by atomic mass is 9.99. The minimum atomic E-state index is -4.97. The van der Waals surface area contributed by atoms with Gasteiger partial charge < -0.3 is 33.8 Å². The number of esters is 4. The SMILES string of the molecule is CCCCCCCCCCCCCCCCCCCCCCCCC(=O)O[C@H](COC(=O)CCCCCCCCCCCCCCCCCCCCCCC)COP(=O)(O)OC[C@@H](O)COP(=O)(O)OC[C@@H](COC(=O)CCCCCCCCCCC(C)CC)OC(=O)CCCCCCCCCCCCC(C)CC. The molecule has 0 aromatic rings. The van der Waals surface area contributed by atoms with E-state index in [1.54, 1.807) is 0 Å². The van der Waals surface area contributed by atoms with Crippen LogP contribution in [0.15, 0.2) is 0 Å². The fourth-order valence-corrected chi connectivity index (χ4v) is 15.6. The van der Waals surface area contributed by atoms with Gasteiger partial charge in [-0.2, -0.15) is 0 Å². The van der Waals surface area contributed by atoms with E-state index in [2.05, 4.69) is 41.5 Å². The number of unbranched alkanes of at least 4 members (excludes halogenated alkanes) is 57. The summed E-state index contributed by atoms with van der Waals surface area (Å²) in [4.78, 5) is 73.4. The summed E-state index contributed by atoms with van der Waals surface area (Å²) in [5, 5.41) is 10.7. The van der Waals surface area contributed by atoms with E-state index >= 15 is 0 Å². The standard InChI is InChI=1S/C90H176O17P2/c1-7-11-13-15-17-19-21-23-25-27-29-31-33-35-37-39-41-43-48-56-62-68-74-89(94)106-85(78-100-87(92)72-66-60-54-47-42-40-38-36-34-32-30-28-26-24-22-20-18-16-14-12-8-2)80-104-108(96,97)102-76-84(91)77-103-109(98,99)105-81-86(79-101-88(93)73-67-61-55-51-50-53-59-65-71-83(6)10-4)107-90(95)75-69-63-57-49-45-44-46-52-58-64-70-82(5)9-3/h82-86,91H,7-81H2,1-6H3,(H,96,97)(H,98,99)/t82?,83?,84-,85-,86-/m1/s1. The number of phosphoric ester groups is 2. The van der Waals surface area contributed by atoms with Gasteiger partial charge in [0.05, 0.1) is 26.4 Å². The van der Waals surface area contributed by atoms with Gasteiger partial charge in [0.2, 0.25) is 0 Å². The molecule has 0 aliphatic heterocycles. The maximum Gasteiger partial charge on any atom is 0.472 e. The zero-order valence-corrected chi connectivity index (χ0v) is 73.7. The van der Waals surface area contributed by atoms with Gasteiger partial charge in [0.25, 0.3) is 0 Å². The van der Waals surface area contributed by atoms with Crippen LogP contribution in [-0.4, -0.2) is 96.7 Å². The first-order valence-electron chi connectivity index (χ1n) is 46.6. The van der Waals surface area contributed by atoms with Crippen LogP contribution in [-0.2, 0) is 65.4 Å². The summed E-state index contributed by atoms with van der Waals surface area (Å²) in [6, 6.07) is 0. The highest BCUT2D eigenvalue weighted by Gasteiger charge is 2.31. The van der Waals surface area contributed by atoms with Gasteiger partial charge in [0.1, 0.15) is 19.3 Å². The highest BCUT2D eigenvalue weighted by molar-refractivity contribution is 7.47. The van der Waals surface area contributed by atoms with Crippen LogP contribution >= 0.6 is 15.6 Å². The van der Waals surface area contributed by atoms with Gasteiger partial charge in [-0.25, -0.2) is 9.13 Å². The van der Waals surface area contributed by atoms with Crippen LogP contribution in [0.3, 0.4) is 0 Å². The summed E-state index contributed by atoms with van der Waals surface area (Å²) < 4.78 is 69.0. The van der Waals surface area contributed by atoms with E-state index in [9.17, 15) is 43.2 Å². The Morgan fingerprint density at radius 1 is 0.257 bits per heavy atom. The number of aliphatic hydroxyl groups excluding tert-OH is 1. The molecule has 648 valence electrons. The highest BCUT2D eigenvalue weighted by Crippen LogP contribution is 2.45. The van der Waals surface area contributed by atoms with Crippen molar-refractivity contribution < 1.29 is 80.2 Å². The monoisotopic (exact) mass is 1590 g/mol. The Labute approximate surface area is 670 Å². The molecule has 0 aromatic heterocycles. The molecule has 0 fully saturated rings. The van der Waals surface area contributed by atoms with Crippen molar-refractivity contribution in [3.63, 3.8) is 0 Å². The number of rotatable bonds is 89. The average Bonchev–Trinajstić information content (AvgIpc) is 0.901. The van der Waals surface area contributed by atoms with Gasteiger partial charge in [-0.15, -0.1) is 0 Å². The molecule has 0 bridgehead atoms. The molecular formula is C90H176O17P2. The predicted molar refractivity (Wildman–Crippen MR) is 451 cm³/mol. The number of aliphatic hydroxyl groups is 1. The van der Waals surface area contributed by atoms with Crippen molar-refractivity contribution in [3.05, 3.63) is 0 Å². The second-order valence-electron chi connectivity index (χ2n) is 32.8. The zero-order chi connectivity index (χ0) is 79.9. The van der Waals surface area contributed by atoms with Crippen molar-refractivity contribution in [1.29, 1.82) is 0 Å². The van der Waals surface area contributed by atoms with Crippen molar-refractivity contribution in [2.24, 2.45) is 11.8 Å². The lowest BCUT2D eigenvalue weighted by molar-refractivity contribution is -0.161. The van der Waals surface area contributed by atoms with Crippen molar-refractivity contribution >= 4 is 39.5 Å². The van der Waals surface area contributed by atoms with E-state index in [-0.39, 0.29) is 25.7 Å². The van der Waals surface area contributed by atoms with Gasteiger partial charge in [-0.1, -0.05) is 433 Å². The molecule has 0 spiro atoms. The smallest absolute Gasteiger partial charge is 0.462 e. The number of hydrogen-bond acceptors (Lipinski definition) is 15. The maximum absolute atomic E-state index is 13.2. The normalized spacial score (nSPS) is 14.2. The zero-order valence-electron chi connectivity index (χ0n) is 71.9. The molecule has 0 heterocycles. The molecule has 0 aliphatic rings. The molecule has 0 saturated heterocycles. The van der Waals surface area contributed by atoms with E-state index in [1.807, 2.05) is 0 Å². The molecule has 0 rings (SSSR count). The molecule has 109 heavy (non-hydrogen) atoms. The molecule has 7 atom stereocenters. The number of hydrogen-bond donors (Lipinski definition) is 3. The fourth-order valence-electron chi connectivity index (χ4n) is 14.1. The summed E-state index contributed by atoms with van der Waals surface area (Å²) in [6.45, 7) is 9.71. The number of phosphoric acid groups is 2. The summed E-state index contributed by atoms with van der Waals surface area (Å²) in [5.41, 5.74) is 0. The minimum Gasteiger partial charge on any atom is -0.462 e. The fraction of sp³-hybridized carbons (Fsp3) is 0.956. The first-order chi connectivity index (χ1) is 52.9. The van der Waals surface area contributed by atoms with E-state index in [0.717, 1.165) is 102 Å². The second-order valence-corrected chi connectivity index (χ2v) is 35.7. The Morgan fingerprint density at radius 3 is 0.651 bits per heavy atom. The average molecular weight is 1590 g/mol. The quantitative estimate of drug-likeness (QED) is 0.0222. The van der Waals surface area contributed by atoms with Gasteiger partial charge >= 0.3 is 39.5 Å². The van der Waals surface area contributed by atoms with Crippen molar-refractivity contribution in [2.75, 3.05) is 39.6 Å². The number of ether oxygens (including phenoxy) is 4. The number of carbonyl (C=O) groups is 4. The van der Waals surface area contributed by atoms with Crippen LogP contribution in [0.25, 0.3) is 0 Å². The second kappa shape index (κ2) is 81.2. The largest absolute Gasteiger partial charge is 0.472 e. The third-order valence-electron chi connectivity index (χ3n) is 21.9. The highest BCUT2D eigenvalue weighted by atomic mass is 31.2. The van der Waals surface area contributed by atoms with Crippen molar-refractivity contribution in [1.82, 2.24) is 0 Å². The van der Waals surface area contributed by atoms with Crippen molar-refractivity contribution in [2.45, 2.75) is 503 Å². The predicted octanol–water partition coefficient (Wildman–Crippen LogP) is 27.8. The van der Waals surface area contributed by atoms with Crippen LogP contribution in [0, 0.1) is 11.8 Å². The summed E-state index contributed by atoms with van der Waals surface area (Å²) in [5.74, 6) is -0.520. The van der Waals surface area contributed by atoms with Gasteiger partial charge in [-0.05, 0) is 37.5 Å². The Bertz CT molecular complexity index is 2080. The molecule has 17 nitrogen and oxygen atoms in total. The van der Waals surface area contributed by atoms with Gasteiger partial charge in [0.15, 0.2) is 12.2 Å². The van der Waals surface area contributed by atoms with Gasteiger partial charge in [0, 0.05) is 25.7 Å². The molecule has 0 saturated carbocycles. The molecule has 4 unspecified atom stereocenters.